The van der Waals surface area contributed by atoms with Crippen molar-refractivity contribution in [2.75, 3.05) is 61.2 Å². The van der Waals surface area contributed by atoms with Crippen molar-refractivity contribution in [1.82, 2.24) is 30.3 Å². The molecule has 338 valence electrons. The van der Waals surface area contributed by atoms with Gasteiger partial charge in [-0.25, -0.2) is 4.98 Å². The summed E-state index contributed by atoms with van der Waals surface area (Å²) in [5.74, 6) is -1.68. The van der Waals surface area contributed by atoms with Gasteiger partial charge in [-0.15, -0.1) is 11.3 Å². The summed E-state index contributed by atoms with van der Waals surface area (Å²) < 4.78 is 17.6. The van der Waals surface area contributed by atoms with Crippen LogP contribution in [0, 0.1) is 23.7 Å². The van der Waals surface area contributed by atoms with E-state index in [1.165, 1.54) is 11.3 Å². The number of thiazole rings is 1. The summed E-state index contributed by atoms with van der Waals surface area (Å²) in [6, 6.07) is 7.55. The van der Waals surface area contributed by atoms with Crippen molar-refractivity contribution < 1.29 is 38.5 Å². The van der Waals surface area contributed by atoms with Crippen molar-refractivity contribution >= 4 is 35.0 Å². The Balaban J connectivity index is 1.77. The first kappa shape index (κ1) is 50.9. The molecule has 1 aliphatic heterocycles. The number of likely N-dealkylation sites (N-methyl/N-ethyl adjacent to an activating group) is 2. The predicted molar refractivity (Wildman–Crippen MR) is 235 cm³/mol. The van der Waals surface area contributed by atoms with Crippen molar-refractivity contribution in [2.45, 2.75) is 123 Å². The number of carbonyl (C=O) groups excluding carboxylic acids is 4. The van der Waals surface area contributed by atoms with Crippen molar-refractivity contribution in [1.29, 1.82) is 0 Å². The van der Waals surface area contributed by atoms with Gasteiger partial charge in [-0.05, 0) is 49.6 Å². The van der Waals surface area contributed by atoms with E-state index < -0.39 is 36.3 Å². The number of aliphatic hydroxyl groups is 1. The Morgan fingerprint density at radius 3 is 2.23 bits per heavy atom. The first-order valence-electron chi connectivity index (χ1n) is 21.7. The summed E-state index contributed by atoms with van der Waals surface area (Å²) in [6.07, 6.45) is 3.34. The Morgan fingerprint density at radius 1 is 0.967 bits per heavy atom. The molecular formula is C45H74N6O8S. The lowest BCUT2D eigenvalue weighted by molar-refractivity contribution is -0.148. The Hall–Kier alpha value is -3.47. The van der Waals surface area contributed by atoms with Crippen LogP contribution in [0.25, 0.3) is 0 Å². The molecule has 2 aromatic rings. The molecule has 0 saturated carbocycles. The fourth-order valence-corrected chi connectivity index (χ4v) is 9.25. The molecule has 3 N–H and O–H groups in total. The van der Waals surface area contributed by atoms with Crippen LogP contribution >= 0.6 is 11.3 Å². The van der Waals surface area contributed by atoms with E-state index in [1.807, 2.05) is 101 Å². The van der Waals surface area contributed by atoms with E-state index >= 15 is 0 Å². The number of benzene rings is 1. The quantitative estimate of drug-likeness (QED) is 0.114. The molecular weight excluding hydrogens is 785 g/mol. The number of methoxy groups -OCH3 is 2. The van der Waals surface area contributed by atoms with Gasteiger partial charge in [0.2, 0.25) is 23.6 Å². The van der Waals surface area contributed by atoms with E-state index in [0.29, 0.717) is 32.5 Å². The lowest BCUT2D eigenvalue weighted by Crippen LogP contribution is -2.60. The second kappa shape index (κ2) is 25.5. The van der Waals surface area contributed by atoms with Gasteiger partial charge < -0.3 is 39.8 Å². The summed E-state index contributed by atoms with van der Waals surface area (Å²) >= 11 is 1.50. The van der Waals surface area contributed by atoms with E-state index in [-0.39, 0.29) is 73.1 Å². The van der Waals surface area contributed by atoms with E-state index in [1.54, 1.807) is 32.4 Å². The van der Waals surface area contributed by atoms with Gasteiger partial charge in [-0.3, -0.25) is 24.1 Å². The zero-order chi connectivity index (χ0) is 44.5. The fourth-order valence-electron chi connectivity index (χ4n) is 8.56. The average molecular weight is 859 g/mol. The van der Waals surface area contributed by atoms with Gasteiger partial charge in [-0.2, -0.15) is 0 Å². The first-order chi connectivity index (χ1) is 28.6. The fraction of sp³-hybridized carbons (Fsp3) is 0.711. The van der Waals surface area contributed by atoms with Crippen LogP contribution in [-0.2, 0) is 39.8 Å². The molecule has 1 aromatic heterocycles. The number of nitrogens with zero attached hydrogens (tertiary/aromatic N) is 4. The minimum absolute atomic E-state index is 0.0249. The first-order valence-corrected chi connectivity index (χ1v) is 22.5. The number of carbonyl (C=O) groups is 4. The zero-order valence-electron chi connectivity index (χ0n) is 38.0. The largest absolute Gasteiger partial charge is 0.394 e. The number of amides is 4. The highest BCUT2D eigenvalue weighted by Crippen LogP contribution is 2.30. The molecule has 0 radical (unpaired) electrons. The maximum absolute atomic E-state index is 14.5. The summed E-state index contributed by atoms with van der Waals surface area (Å²) in [5.41, 5.74) is 1.09. The SMILES string of the molecule is CCC(C)C(C(CC(=O)N1CCCC1C(OC)C(C)C(=O)NC(Cc1ccccc1)c1nccs1)OC)N(C)C(=O)C(NC(=O)C(C(C)C)N(C)CCOCCO)C(C)C. The number of aromatic nitrogens is 1. The summed E-state index contributed by atoms with van der Waals surface area (Å²) in [6.45, 7) is 15.2. The number of rotatable bonds is 26. The minimum atomic E-state index is -0.816. The molecule has 2 heterocycles. The van der Waals surface area contributed by atoms with Crippen molar-refractivity contribution in [3.8, 4) is 0 Å². The highest BCUT2D eigenvalue weighted by Gasteiger charge is 2.43. The topological polar surface area (TPSA) is 163 Å². The molecule has 1 fully saturated rings. The second-order valence-corrected chi connectivity index (χ2v) is 17.9. The summed E-state index contributed by atoms with van der Waals surface area (Å²) in [7, 11) is 6.75. The number of likely N-dealkylation sites (tertiary alicyclic amines) is 1. The lowest BCUT2D eigenvalue weighted by Gasteiger charge is -2.41. The normalized spacial score (nSPS) is 18.4. The van der Waals surface area contributed by atoms with Crippen LogP contribution in [0.5, 0.6) is 0 Å². The molecule has 9 atom stereocenters. The highest BCUT2D eigenvalue weighted by molar-refractivity contribution is 7.09. The molecule has 15 heteroatoms. The van der Waals surface area contributed by atoms with Crippen molar-refractivity contribution in [3.05, 3.63) is 52.5 Å². The molecule has 60 heavy (non-hydrogen) atoms. The summed E-state index contributed by atoms with van der Waals surface area (Å²) in [5, 5.41) is 18.1. The van der Waals surface area contributed by atoms with Crippen LogP contribution in [0.4, 0.5) is 0 Å². The van der Waals surface area contributed by atoms with Gasteiger partial charge >= 0.3 is 0 Å². The lowest BCUT2D eigenvalue weighted by atomic mass is 9.89. The van der Waals surface area contributed by atoms with E-state index in [0.717, 1.165) is 23.4 Å². The molecule has 4 amide bonds. The second-order valence-electron chi connectivity index (χ2n) is 16.9. The number of hydrogen-bond acceptors (Lipinski definition) is 11. The third kappa shape index (κ3) is 14.0. The van der Waals surface area contributed by atoms with E-state index in [2.05, 4.69) is 15.6 Å². The Labute approximate surface area is 363 Å². The Morgan fingerprint density at radius 2 is 1.67 bits per heavy atom. The van der Waals surface area contributed by atoms with Crippen LogP contribution in [0.1, 0.15) is 90.8 Å². The molecule has 0 bridgehead atoms. The highest BCUT2D eigenvalue weighted by atomic mass is 32.1. The molecule has 14 nitrogen and oxygen atoms in total. The molecule has 0 aliphatic carbocycles. The number of ether oxygens (including phenoxy) is 3. The van der Waals surface area contributed by atoms with Crippen molar-refractivity contribution in [3.63, 3.8) is 0 Å². The van der Waals surface area contributed by atoms with Crippen LogP contribution in [-0.4, -0.2) is 146 Å². The minimum Gasteiger partial charge on any atom is -0.394 e. The maximum atomic E-state index is 14.5. The van der Waals surface area contributed by atoms with Gasteiger partial charge in [-0.1, -0.05) is 85.2 Å². The van der Waals surface area contributed by atoms with Crippen LogP contribution < -0.4 is 10.6 Å². The molecule has 3 rings (SSSR count). The van der Waals surface area contributed by atoms with Crippen LogP contribution in [0.15, 0.2) is 41.9 Å². The monoisotopic (exact) mass is 859 g/mol. The zero-order valence-corrected chi connectivity index (χ0v) is 38.8. The van der Waals surface area contributed by atoms with Crippen LogP contribution in [0.2, 0.25) is 0 Å². The van der Waals surface area contributed by atoms with Gasteiger partial charge in [0.25, 0.3) is 0 Å². The van der Waals surface area contributed by atoms with E-state index in [9.17, 15) is 19.2 Å². The number of hydrogen-bond donors (Lipinski definition) is 3. The standard InChI is InChI=1S/C45H74N6O8S/c1-12-31(6)40(50(9)45(56)38(29(2)3)48-43(55)39(30(4)5)49(8)22-24-59-25-23-52)36(57-10)28-37(53)51-21-16-19-35(51)41(58-11)32(7)42(54)47-34(44-46-20-26-60-44)27-33-17-14-13-15-18-33/h13-15,17-18,20,26,29-32,34-36,38-41,52H,12,16,19,21-25,27-28H2,1-11H3,(H,47,54)(H,48,55). The third-order valence-corrected chi connectivity index (χ3v) is 12.9. The molecule has 9 unspecified atom stereocenters. The smallest absolute Gasteiger partial charge is 0.245 e. The Kier molecular flexibility index (Phi) is 21.6. The van der Waals surface area contributed by atoms with Gasteiger partial charge in [0.05, 0.1) is 68.5 Å². The molecule has 0 spiro atoms. The third-order valence-electron chi connectivity index (χ3n) is 12.0. The van der Waals surface area contributed by atoms with Gasteiger partial charge in [0.15, 0.2) is 0 Å². The number of aliphatic hydroxyl groups excluding tert-OH is 1. The molecule has 1 aliphatic rings. The number of nitrogens with one attached hydrogen (secondary N) is 2. The molecule has 1 aromatic carbocycles. The van der Waals surface area contributed by atoms with E-state index in [4.69, 9.17) is 19.3 Å². The van der Waals surface area contributed by atoms with Crippen molar-refractivity contribution in [2.24, 2.45) is 23.7 Å². The van der Waals surface area contributed by atoms with Gasteiger partial charge in [0, 0.05) is 45.9 Å². The maximum Gasteiger partial charge on any atom is 0.245 e. The predicted octanol–water partition coefficient (Wildman–Crippen LogP) is 4.57. The molecule has 1 saturated heterocycles. The van der Waals surface area contributed by atoms with Crippen LogP contribution in [0.3, 0.4) is 0 Å². The Bertz CT molecular complexity index is 1580. The average Bonchev–Trinajstić information content (AvgIpc) is 3.95. The summed E-state index contributed by atoms with van der Waals surface area (Å²) in [4.78, 5) is 66.6. The van der Waals surface area contributed by atoms with Gasteiger partial charge in [0.1, 0.15) is 11.0 Å².